The molecule has 5 rings (SSSR count). The highest BCUT2D eigenvalue weighted by Gasteiger charge is 2.33. The van der Waals surface area contributed by atoms with Crippen molar-refractivity contribution in [3.8, 4) is 33.4 Å². The van der Waals surface area contributed by atoms with Crippen molar-refractivity contribution in [1.82, 2.24) is 0 Å². The van der Waals surface area contributed by atoms with Gasteiger partial charge in [-0.25, -0.2) is 0 Å². The second kappa shape index (κ2) is 8.30. The molecule has 4 aromatic carbocycles. The zero-order valence-corrected chi connectivity index (χ0v) is 22.8. The average molecular weight is 473 g/mol. The fourth-order valence-corrected chi connectivity index (χ4v) is 5.60. The molecule has 0 aromatic heterocycles. The molecular weight excluding hydrogens is 436 g/mol. The molecule has 0 atom stereocenters. The third-order valence-corrected chi connectivity index (χ3v) is 7.58. The summed E-state index contributed by atoms with van der Waals surface area (Å²) in [5, 5.41) is 0. The number of rotatable bonds is 2. The topological polar surface area (TPSA) is 17.1 Å². The molecule has 0 radical (unpaired) electrons. The van der Waals surface area contributed by atoms with Gasteiger partial charge < -0.3 is 0 Å². The minimum Gasteiger partial charge on any atom is -0.289 e. The Kier molecular flexibility index (Phi) is 5.59. The molecule has 0 saturated heterocycles. The Morgan fingerprint density at radius 2 is 0.806 bits per heavy atom. The first kappa shape index (κ1) is 24.3. The van der Waals surface area contributed by atoms with Crippen molar-refractivity contribution in [3.63, 3.8) is 0 Å². The molecule has 0 unspecified atom stereocenters. The van der Waals surface area contributed by atoms with Gasteiger partial charge in [0, 0.05) is 11.1 Å². The van der Waals surface area contributed by atoms with Crippen molar-refractivity contribution in [2.75, 3.05) is 0 Å². The molecular formula is C35H36O. The summed E-state index contributed by atoms with van der Waals surface area (Å²) in [4.78, 5) is 13.9. The van der Waals surface area contributed by atoms with Crippen LogP contribution in [-0.2, 0) is 10.8 Å². The van der Waals surface area contributed by atoms with E-state index in [1.54, 1.807) is 0 Å². The highest BCUT2D eigenvalue weighted by atomic mass is 16.1. The van der Waals surface area contributed by atoms with E-state index in [1.807, 2.05) is 0 Å². The van der Waals surface area contributed by atoms with E-state index in [0.29, 0.717) is 0 Å². The number of benzene rings is 4. The van der Waals surface area contributed by atoms with Gasteiger partial charge in [-0.05, 0) is 105 Å². The average Bonchev–Trinajstić information content (AvgIpc) is 3.08. The lowest BCUT2D eigenvalue weighted by atomic mass is 9.78. The molecule has 0 spiro atoms. The third-order valence-electron chi connectivity index (χ3n) is 7.58. The van der Waals surface area contributed by atoms with Crippen molar-refractivity contribution in [1.29, 1.82) is 0 Å². The van der Waals surface area contributed by atoms with Gasteiger partial charge in [-0.2, -0.15) is 0 Å². The molecule has 0 bridgehead atoms. The quantitative estimate of drug-likeness (QED) is 0.250. The van der Waals surface area contributed by atoms with Gasteiger partial charge in [0.25, 0.3) is 0 Å². The maximum absolute atomic E-state index is 13.9. The molecule has 0 amide bonds. The van der Waals surface area contributed by atoms with Crippen LogP contribution >= 0.6 is 0 Å². The first-order valence-electron chi connectivity index (χ1n) is 12.9. The standard InChI is InChI=1S/C35H36O/c1-21-13-9-11-15-23(21)27-17-29-25(19-31(27)34(3,4)5)26-20-32(35(6,7)8)28(18-30(26)33(29)36)24-16-12-10-14-22(24)2/h9-20H,1-8H3. The monoisotopic (exact) mass is 472 g/mol. The maximum Gasteiger partial charge on any atom is 0.194 e. The number of hydrogen-bond donors (Lipinski definition) is 0. The van der Waals surface area contributed by atoms with Crippen molar-refractivity contribution in [3.05, 3.63) is 106 Å². The van der Waals surface area contributed by atoms with Crippen LogP contribution in [0.2, 0.25) is 0 Å². The van der Waals surface area contributed by atoms with Crippen molar-refractivity contribution in [2.45, 2.75) is 66.2 Å². The molecule has 1 aliphatic rings. The van der Waals surface area contributed by atoms with Gasteiger partial charge in [-0.15, -0.1) is 0 Å². The van der Waals surface area contributed by atoms with Crippen molar-refractivity contribution < 1.29 is 4.79 Å². The summed E-state index contributed by atoms with van der Waals surface area (Å²) >= 11 is 0. The normalized spacial score (nSPS) is 13.1. The fraction of sp³-hybridized carbons (Fsp3) is 0.286. The summed E-state index contributed by atoms with van der Waals surface area (Å²) in [6.45, 7) is 17.9. The molecule has 0 fully saturated rings. The summed E-state index contributed by atoms with van der Waals surface area (Å²) in [5.74, 6) is 0.130. The summed E-state index contributed by atoms with van der Waals surface area (Å²) in [5.41, 5.74) is 13.4. The van der Waals surface area contributed by atoms with Gasteiger partial charge in [-0.1, -0.05) is 90.1 Å². The van der Waals surface area contributed by atoms with Gasteiger partial charge >= 0.3 is 0 Å². The van der Waals surface area contributed by atoms with Crippen LogP contribution in [0, 0.1) is 13.8 Å². The SMILES string of the molecule is Cc1ccccc1-c1cc2c(cc1C(C)(C)C)-c1cc(C(C)(C)C)c(-c3ccccc3C)cc1C2=O. The highest BCUT2D eigenvalue weighted by Crippen LogP contribution is 2.47. The molecule has 0 aliphatic heterocycles. The predicted molar refractivity (Wildman–Crippen MR) is 153 cm³/mol. The van der Waals surface area contributed by atoms with E-state index < -0.39 is 0 Å². The highest BCUT2D eigenvalue weighted by molar-refractivity contribution is 6.23. The van der Waals surface area contributed by atoms with Gasteiger partial charge in [0.15, 0.2) is 5.78 Å². The Labute approximate surface area is 216 Å². The van der Waals surface area contributed by atoms with Crippen LogP contribution in [-0.4, -0.2) is 5.78 Å². The third kappa shape index (κ3) is 3.91. The summed E-state index contributed by atoms with van der Waals surface area (Å²) in [6.07, 6.45) is 0. The predicted octanol–water partition coefficient (Wildman–Crippen LogP) is 9.44. The minimum absolute atomic E-state index is 0.0631. The van der Waals surface area contributed by atoms with Crippen LogP contribution in [0.25, 0.3) is 33.4 Å². The Balaban J connectivity index is 1.81. The zero-order valence-electron chi connectivity index (χ0n) is 22.8. The number of ketones is 1. The number of carbonyl (C=O) groups excluding carboxylic acids is 1. The molecule has 0 saturated carbocycles. The molecule has 4 aromatic rings. The van der Waals surface area contributed by atoms with Crippen molar-refractivity contribution >= 4 is 5.78 Å². The van der Waals surface area contributed by atoms with E-state index in [2.05, 4.69) is 128 Å². The maximum atomic E-state index is 13.9. The first-order valence-corrected chi connectivity index (χ1v) is 12.9. The van der Waals surface area contributed by atoms with E-state index in [4.69, 9.17) is 0 Å². The van der Waals surface area contributed by atoms with Gasteiger partial charge in [0.2, 0.25) is 0 Å². The number of carbonyl (C=O) groups is 1. The smallest absolute Gasteiger partial charge is 0.194 e. The molecule has 36 heavy (non-hydrogen) atoms. The van der Waals surface area contributed by atoms with Crippen LogP contribution in [0.3, 0.4) is 0 Å². The summed E-state index contributed by atoms with van der Waals surface area (Å²) in [7, 11) is 0. The number of fused-ring (bicyclic) bond motifs is 3. The largest absolute Gasteiger partial charge is 0.289 e. The lowest BCUT2D eigenvalue weighted by Crippen LogP contribution is -2.14. The van der Waals surface area contributed by atoms with Gasteiger partial charge in [0.05, 0.1) is 0 Å². The Morgan fingerprint density at radius 3 is 1.14 bits per heavy atom. The zero-order chi connectivity index (χ0) is 26.0. The minimum atomic E-state index is -0.0631. The van der Waals surface area contributed by atoms with E-state index >= 15 is 0 Å². The Hall–Kier alpha value is -3.45. The summed E-state index contributed by atoms with van der Waals surface area (Å²) < 4.78 is 0. The van der Waals surface area contributed by atoms with Crippen LogP contribution in [0.1, 0.15) is 79.7 Å². The van der Waals surface area contributed by atoms with Crippen LogP contribution in [0.4, 0.5) is 0 Å². The van der Waals surface area contributed by atoms with E-state index in [0.717, 1.165) is 33.4 Å². The molecule has 1 nitrogen and oxygen atoms in total. The Morgan fingerprint density at radius 1 is 0.444 bits per heavy atom. The number of aryl methyl sites for hydroxylation is 2. The lowest BCUT2D eigenvalue weighted by Gasteiger charge is -2.26. The van der Waals surface area contributed by atoms with Gasteiger partial charge in [0.1, 0.15) is 0 Å². The lowest BCUT2D eigenvalue weighted by molar-refractivity contribution is 0.104. The van der Waals surface area contributed by atoms with E-state index in [-0.39, 0.29) is 16.6 Å². The second-order valence-electron chi connectivity index (χ2n) is 12.3. The molecule has 1 heteroatoms. The fourth-order valence-electron chi connectivity index (χ4n) is 5.60. The molecule has 0 heterocycles. The molecule has 182 valence electrons. The molecule has 0 N–H and O–H groups in total. The number of hydrogen-bond acceptors (Lipinski definition) is 1. The van der Waals surface area contributed by atoms with Crippen molar-refractivity contribution in [2.24, 2.45) is 0 Å². The van der Waals surface area contributed by atoms with Crippen LogP contribution in [0.15, 0.2) is 72.8 Å². The van der Waals surface area contributed by atoms with Crippen LogP contribution < -0.4 is 0 Å². The van der Waals surface area contributed by atoms with E-state index in [1.165, 1.54) is 33.4 Å². The van der Waals surface area contributed by atoms with E-state index in [9.17, 15) is 4.79 Å². The molecule has 1 aliphatic carbocycles. The van der Waals surface area contributed by atoms with Crippen LogP contribution in [0.5, 0.6) is 0 Å². The summed E-state index contributed by atoms with van der Waals surface area (Å²) in [6, 6.07) is 25.9. The first-order chi connectivity index (χ1) is 16.9. The Bertz CT molecular complexity index is 1400. The second-order valence-corrected chi connectivity index (χ2v) is 12.3. The van der Waals surface area contributed by atoms with Gasteiger partial charge in [-0.3, -0.25) is 4.79 Å².